The molecule has 1 aliphatic rings. The van der Waals surface area contributed by atoms with Gasteiger partial charge in [0.2, 0.25) is 0 Å². The molecule has 0 saturated heterocycles. The molecule has 12 aromatic carbocycles. The molecule has 0 N–H and O–H groups in total. The molecule has 2 heteroatoms. The summed E-state index contributed by atoms with van der Waals surface area (Å²) < 4.78 is 0. The van der Waals surface area contributed by atoms with E-state index in [1.54, 1.807) is 0 Å². The third-order valence-electron chi connectivity index (χ3n) is 14.3. The van der Waals surface area contributed by atoms with Crippen LogP contribution in [0.4, 0.5) is 34.1 Å². The van der Waals surface area contributed by atoms with Gasteiger partial charge < -0.3 is 9.80 Å². The van der Waals surface area contributed by atoms with E-state index in [-0.39, 0.29) is 0 Å². The Morgan fingerprint density at radius 3 is 1.63 bits per heavy atom. The van der Waals surface area contributed by atoms with Gasteiger partial charge >= 0.3 is 0 Å². The molecular weight excluding hydrogens is 809 g/mol. The maximum absolute atomic E-state index is 2.57. The number of rotatable bonds is 6. The van der Waals surface area contributed by atoms with Gasteiger partial charge in [0.1, 0.15) is 0 Å². The van der Waals surface area contributed by atoms with Crippen molar-refractivity contribution in [1.29, 1.82) is 0 Å². The molecule has 0 fully saturated rings. The Hall–Kier alpha value is -8.46. The summed E-state index contributed by atoms with van der Waals surface area (Å²) in [5.41, 5.74) is 13.8. The summed E-state index contributed by atoms with van der Waals surface area (Å²) in [5, 5.41) is 12.4. The molecule has 0 bridgehead atoms. The highest BCUT2D eigenvalue weighted by atomic mass is 15.2. The van der Waals surface area contributed by atoms with Crippen LogP contribution in [0.1, 0.15) is 25.0 Å². The molecule has 0 amide bonds. The smallest absolute Gasteiger partial charge is 0.0618 e. The SMILES string of the molecule is CC1(C)c2ccccc2N(c2c(-c3ccc4ccccc4c3)ccc3ccccc23)c2cccc(N(c3ccc(-c4ccccc4)cc3)c3ccc4c5ccccc5c5ccccc5c4c3)c21. The molecule has 0 radical (unpaired) electrons. The molecule has 12 aromatic rings. The number of fused-ring (bicyclic) bond motifs is 10. The van der Waals surface area contributed by atoms with E-state index in [0.29, 0.717) is 0 Å². The molecule has 1 heterocycles. The van der Waals surface area contributed by atoms with Crippen LogP contribution in [0.5, 0.6) is 0 Å². The van der Waals surface area contributed by atoms with Crippen LogP contribution in [0, 0.1) is 0 Å². The Morgan fingerprint density at radius 2 is 0.881 bits per heavy atom. The van der Waals surface area contributed by atoms with Crippen LogP contribution in [0.15, 0.2) is 243 Å². The second kappa shape index (κ2) is 15.3. The van der Waals surface area contributed by atoms with Gasteiger partial charge in [0.05, 0.1) is 22.7 Å². The van der Waals surface area contributed by atoms with Crippen LogP contribution in [-0.2, 0) is 5.41 Å². The van der Waals surface area contributed by atoms with E-state index in [1.165, 1.54) is 104 Å². The maximum Gasteiger partial charge on any atom is 0.0618 e. The Bertz CT molecular complexity index is 3870. The summed E-state index contributed by atoms with van der Waals surface area (Å²) in [6, 6.07) is 89.7. The van der Waals surface area contributed by atoms with Gasteiger partial charge in [0.25, 0.3) is 0 Å². The normalized spacial score (nSPS) is 13.0. The van der Waals surface area contributed by atoms with Gasteiger partial charge in [-0.25, -0.2) is 0 Å². The van der Waals surface area contributed by atoms with Crippen molar-refractivity contribution in [3.05, 3.63) is 254 Å². The molecule has 0 saturated carbocycles. The van der Waals surface area contributed by atoms with Crippen LogP contribution >= 0.6 is 0 Å². The van der Waals surface area contributed by atoms with Gasteiger partial charge in [-0.2, -0.15) is 0 Å². The Balaban J connectivity index is 1.10. The van der Waals surface area contributed by atoms with E-state index in [0.717, 1.165) is 17.1 Å². The third kappa shape index (κ3) is 6.18. The van der Waals surface area contributed by atoms with E-state index in [1.807, 2.05) is 0 Å². The van der Waals surface area contributed by atoms with E-state index >= 15 is 0 Å². The Labute approximate surface area is 391 Å². The Morgan fingerprint density at radius 1 is 0.343 bits per heavy atom. The highest BCUT2D eigenvalue weighted by Crippen LogP contribution is 2.58. The van der Waals surface area contributed by atoms with Crippen molar-refractivity contribution in [3.63, 3.8) is 0 Å². The van der Waals surface area contributed by atoms with Crippen molar-refractivity contribution in [2.75, 3.05) is 9.80 Å². The molecule has 0 aliphatic carbocycles. The minimum atomic E-state index is -0.394. The van der Waals surface area contributed by atoms with Crippen LogP contribution in [0.3, 0.4) is 0 Å². The minimum absolute atomic E-state index is 0.394. The number of benzene rings is 12. The molecule has 1 aliphatic heterocycles. The van der Waals surface area contributed by atoms with E-state index in [4.69, 9.17) is 0 Å². The zero-order valence-electron chi connectivity index (χ0n) is 37.5. The first-order chi connectivity index (χ1) is 33.0. The summed E-state index contributed by atoms with van der Waals surface area (Å²) in [7, 11) is 0. The van der Waals surface area contributed by atoms with Gasteiger partial charge in [0.15, 0.2) is 0 Å². The molecule has 0 atom stereocenters. The summed E-state index contributed by atoms with van der Waals surface area (Å²) in [6.07, 6.45) is 0. The van der Waals surface area contributed by atoms with Crippen LogP contribution in [0.2, 0.25) is 0 Å². The first kappa shape index (κ1) is 39.0. The number of anilines is 6. The largest absolute Gasteiger partial charge is 0.310 e. The first-order valence-corrected chi connectivity index (χ1v) is 23.3. The Kier molecular flexibility index (Phi) is 8.91. The number of hydrogen-bond donors (Lipinski definition) is 0. The quantitative estimate of drug-likeness (QED) is 0.154. The molecule has 13 rings (SSSR count). The van der Waals surface area contributed by atoms with Gasteiger partial charge in [0, 0.05) is 33.3 Å². The predicted molar refractivity (Wildman–Crippen MR) is 286 cm³/mol. The molecular formula is C65H46N2. The lowest BCUT2D eigenvalue weighted by Crippen LogP contribution is -2.32. The third-order valence-corrected chi connectivity index (χ3v) is 14.3. The average Bonchev–Trinajstić information content (AvgIpc) is 3.39. The second-order valence-electron chi connectivity index (χ2n) is 18.5. The fourth-order valence-corrected chi connectivity index (χ4v) is 11.2. The van der Waals surface area contributed by atoms with E-state index < -0.39 is 5.41 Å². The monoisotopic (exact) mass is 854 g/mol. The number of para-hydroxylation sites is 1. The lowest BCUT2D eigenvalue weighted by Gasteiger charge is -2.45. The van der Waals surface area contributed by atoms with Crippen LogP contribution < -0.4 is 9.80 Å². The van der Waals surface area contributed by atoms with Gasteiger partial charge in [-0.05, 0) is 119 Å². The van der Waals surface area contributed by atoms with Crippen molar-refractivity contribution < 1.29 is 0 Å². The van der Waals surface area contributed by atoms with Crippen molar-refractivity contribution >= 4 is 88.0 Å². The summed E-state index contributed by atoms with van der Waals surface area (Å²) in [5.74, 6) is 0. The predicted octanol–water partition coefficient (Wildman–Crippen LogP) is 18.4. The molecule has 0 aromatic heterocycles. The summed E-state index contributed by atoms with van der Waals surface area (Å²) in [6.45, 7) is 4.82. The van der Waals surface area contributed by atoms with Crippen LogP contribution in [0.25, 0.3) is 76.1 Å². The fraction of sp³-hybridized carbons (Fsp3) is 0.0462. The van der Waals surface area contributed by atoms with E-state index in [9.17, 15) is 0 Å². The van der Waals surface area contributed by atoms with Crippen molar-refractivity contribution in [3.8, 4) is 22.3 Å². The fourth-order valence-electron chi connectivity index (χ4n) is 11.2. The second-order valence-corrected chi connectivity index (χ2v) is 18.5. The summed E-state index contributed by atoms with van der Waals surface area (Å²) >= 11 is 0. The topological polar surface area (TPSA) is 6.48 Å². The number of hydrogen-bond acceptors (Lipinski definition) is 2. The number of nitrogens with zero attached hydrogens (tertiary/aromatic N) is 2. The molecule has 67 heavy (non-hydrogen) atoms. The van der Waals surface area contributed by atoms with Crippen LogP contribution in [-0.4, -0.2) is 0 Å². The maximum atomic E-state index is 2.57. The molecule has 0 spiro atoms. The van der Waals surface area contributed by atoms with Crippen molar-refractivity contribution in [1.82, 2.24) is 0 Å². The highest BCUT2D eigenvalue weighted by molar-refractivity contribution is 6.26. The minimum Gasteiger partial charge on any atom is -0.310 e. The van der Waals surface area contributed by atoms with Gasteiger partial charge in [-0.15, -0.1) is 0 Å². The van der Waals surface area contributed by atoms with E-state index in [2.05, 4.69) is 266 Å². The lowest BCUT2D eigenvalue weighted by atomic mass is 9.72. The zero-order chi connectivity index (χ0) is 44.6. The average molecular weight is 855 g/mol. The lowest BCUT2D eigenvalue weighted by molar-refractivity contribution is 0.632. The summed E-state index contributed by atoms with van der Waals surface area (Å²) in [4.78, 5) is 5.08. The molecule has 316 valence electrons. The van der Waals surface area contributed by atoms with Crippen molar-refractivity contribution in [2.45, 2.75) is 19.3 Å². The highest BCUT2D eigenvalue weighted by Gasteiger charge is 2.41. The molecule has 2 nitrogen and oxygen atoms in total. The van der Waals surface area contributed by atoms with Gasteiger partial charge in [-0.1, -0.05) is 208 Å². The zero-order valence-corrected chi connectivity index (χ0v) is 37.5. The first-order valence-electron chi connectivity index (χ1n) is 23.3. The van der Waals surface area contributed by atoms with Gasteiger partial charge in [-0.3, -0.25) is 0 Å². The molecule has 0 unspecified atom stereocenters. The standard InChI is InChI=1S/C65H46N2/c1-65(2)59-27-14-15-28-60(59)67(64-51-22-9-8-20-46(51)35-39-52(64)48-32-31-44-19-6-7-21-47(44)41-48)62-30-16-29-61(63(62)65)66(49-36-33-45(34-37-49)43-17-4-3-5-18-43)50-38-40-57-55-25-11-10-23-53(55)54-24-12-13-26-56(54)58(57)42-50/h3-42H,1-2H3. The van der Waals surface area contributed by atoms with Crippen molar-refractivity contribution in [2.24, 2.45) is 0 Å².